The minimum Gasteiger partial charge on any atom is -0.478 e. The zero-order chi connectivity index (χ0) is 14.3. The summed E-state index contributed by atoms with van der Waals surface area (Å²) < 4.78 is 0.656. The number of fused-ring (bicyclic) bond motifs is 1. The van der Waals surface area contributed by atoms with Crippen LogP contribution in [-0.4, -0.2) is 16.1 Å². The molecule has 3 aromatic rings. The number of hydrogen-bond acceptors (Lipinski definition) is 3. The second-order valence-electron chi connectivity index (χ2n) is 4.44. The zero-order valence-corrected chi connectivity index (χ0v) is 12.1. The quantitative estimate of drug-likeness (QED) is 0.751. The zero-order valence-electron chi connectivity index (χ0n) is 10.6. The first kappa shape index (κ1) is 13.1. The molecular formula is C15H10ClNO2S. The third-order valence-corrected chi connectivity index (χ3v) is 4.35. The van der Waals surface area contributed by atoms with Gasteiger partial charge in [0.1, 0.15) is 0 Å². The Hall–Kier alpha value is -1.91. The molecule has 0 fully saturated rings. The van der Waals surface area contributed by atoms with Gasteiger partial charge in [-0.3, -0.25) is 0 Å². The number of aryl methyl sites for hydroxylation is 1. The molecule has 3 rings (SSSR count). The van der Waals surface area contributed by atoms with E-state index in [1.807, 2.05) is 25.1 Å². The minimum absolute atomic E-state index is 0.262. The van der Waals surface area contributed by atoms with E-state index in [-0.39, 0.29) is 5.56 Å². The van der Waals surface area contributed by atoms with Crippen molar-refractivity contribution in [1.29, 1.82) is 0 Å². The summed E-state index contributed by atoms with van der Waals surface area (Å²) in [5.74, 6) is -0.952. The molecule has 0 atom stereocenters. The summed E-state index contributed by atoms with van der Waals surface area (Å²) in [6, 6.07) is 10.8. The highest BCUT2D eigenvalue weighted by atomic mass is 35.5. The van der Waals surface area contributed by atoms with Crippen molar-refractivity contribution >= 4 is 39.8 Å². The normalized spacial score (nSPS) is 10.9. The molecule has 20 heavy (non-hydrogen) atoms. The van der Waals surface area contributed by atoms with Gasteiger partial charge in [-0.2, -0.15) is 0 Å². The Labute approximate surface area is 124 Å². The van der Waals surface area contributed by atoms with Crippen LogP contribution in [-0.2, 0) is 0 Å². The van der Waals surface area contributed by atoms with Gasteiger partial charge in [-0.25, -0.2) is 9.78 Å². The third kappa shape index (κ3) is 2.17. The highest BCUT2D eigenvalue weighted by Gasteiger charge is 2.14. The Morgan fingerprint density at radius 3 is 2.75 bits per heavy atom. The maximum atomic E-state index is 11.5. The minimum atomic E-state index is -0.952. The molecule has 2 aromatic heterocycles. The number of carboxylic acids is 1. The maximum absolute atomic E-state index is 11.5. The van der Waals surface area contributed by atoms with E-state index in [0.29, 0.717) is 20.9 Å². The van der Waals surface area contributed by atoms with Crippen LogP contribution >= 0.6 is 22.9 Å². The van der Waals surface area contributed by atoms with Crippen LogP contribution in [0.4, 0.5) is 0 Å². The van der Waals surface area contributed by atoms with E-state index in [1.165, 1.54) is 11.3 Å². The number of para-hydroxylation sites is 1. The van der Waals surface area contributed by atoms with Gasteiger partial charge < -0.3 is 5.11 Å². The van der Waals surface area contributed by atoms with Crippen molar-refractivity contribution in [3.05, 3.63) is 51.9 Å². The summed E-state index contributed by atoms with van der Waals surface area (Å²) in [4.78, 5) is 16.9. The highest BCUT2D eigenvalue weighted by Crippen LogP contribution is 2.32. The lowest BCUT2D eigenvalue weighted by Gasteiger charge is -2.07. The van der Waals surface area contributed by atoms with Crippen molar-refractivity contribution in [3.63, 3.8) is 0 Å². The van der Waals surface area contributed by atoms with Gasteiger partial charge in [0, 0.05) is 5.39 Å². The summed E-state index contributed by atoms with van der Waals surface area (Å²) in [7, 11) is 0. The molecule has 0 saturated heterocycles. The van der Waals surface area contributed by atoms with Gasteiger partial charge in [0.25, 0.3) is 0 Å². The van der Waals surface area contributed by atoms with Crippen molar-refractivity contribution in [2.75, 3.05) is 0 Å². The Kier molecular flexibility index (Phi) is 3.20. The molecule has 0 aliphatic rings. The lowest BCUT2D eigenvalue weighted by Crippen LogP contribution is -2.00. The molecule has 1 N–H and O–H groups in total. The molecule has 0 bridgehead atoms. The van der Waals surface area contributed by atoms with Crippen molar-refractivity contribution in [3.8, 4) is 10.6 Å². The first-order chi connectivity index (χ1) is 9.56. The SMILES string of the molecule is Cc1cccc2c(C(=O)O)cc(-c3ccc(Cl)s3)nc12. The van der Waals surface area contributed by atoms with E-state index in [1.54, 1.807) is 18.2 Å². The molecule has 0 amide bonds. The molecule has 2 heterocycles. The van der Waals surface area contributed by atoms with Gasteiger partial charge in [-0.15, -0.1) is 11.3 Å². The van der Waals surface area contributed by atoms with E-state index in [2.05, 4.69) is 4.98 Å². The van der Waals surface area contributed by atoms with Gasteiger partial charge >= 0.3 is 5.97 Å². The summed E-state index contributed by atoms with van der Waals surface area (Å²) in [5.41, 5.74) is 2.57. The van der Waals surface area contributed by atoms with Crippen LogP contribution < -0.4 is 0 Å². The molecule has 0 saturated carbocycles. The summed E-state index contributed by atoms with van der Waals surface area (Å²) in [6.07, 6.45) is 0. The average Bonchev–Trinajstić information content (AvgIpc) is 2.85. The Morgan fingerprint density at radius 2 is 2.10 bits per heavy atom. The van der Waals surface area contributed by atoms with Crippen LogP contribution in [0.5, 0.6) is 0 Å². The predicted molar refractivity (Wildman–Crippen MR) is 81.8 cm³/mol. The van der Waals surface area contributed by atoms with Crippen molar-refractivity contribution in [2.45, 2.75) is 6.92 Å². The first-order valence-corrected chi connectivity index (χ1v) is 7.15. The average molecular weight is 304 g/mol. The fraction of sp³-hybridized carbons (Fsp3) is 0.0667. The number of aromatic nitrogens is 1. The summed E-state index contributed by atoms with van der Waals surface area (Å²) in [6.45, 7) is 1.92. The number of rotatable bonds is 2. The van der Waals surface area contributed by atoms with E-state index < -0.39 is 5.97 Å². The molecular weight excluding hydrogens is 294 g/mol. The molecule has 0 spiro atoms. The van der Waals surface area contributed by atoms with Crippen molar-refractivity contribution < 1.29 is 9.90 Å². The largest absolute Gasteiger partial charge is 0.478 e. The fourth-order valence-electron chi connectivity index (χ4n) is 2.15. The topological polar surface area (TPSA) is 50.2 Å². The number of carboxylic acid groups (broad SMARTS) is 1. The van der Waals surface area contributed by atoms with Crippen molar-refractivity contribution in [1.82, 2.24) is 4.98 Å². The monoisotopic (exact) mass is 303 g/mol. The maximum Gasteiger partial charge on any atom is 0.336 e. The molecule has 5 heteroatoms. The van der Waals surface area contributed by atoms with Crippen molar-refractivity contribution in [2.24, 2.45) is 0 Å². The predicted octanol–water partition coefficient (Wildman–Crippen LogP) is 4.62. The van der Waals surface area contributed by atoms with E-state index in [0.717, 1.165) is 10.4 Å². The molecule has 0 radical (unpaired) electrons. The Morgan fingerprint density at radius 1 is 1.30 bits per heavy atom. The fourth-order valence-corrected chi connectivity index (χ4v) is 3.15. The highest BCUT2D eigenvalue weighted by molar-refractivity contribution is 7.19. The summed E-state index contributed by atoms with van der Waals surface area (Å²) in [5, 5.41) is 10.1. The second kappa shape index (κ2) is 4.89. The molecule has 1 aromatic carbocycles. The molecule has 0 unspecified atom stereocenters. The number of halogens is 1. The number of nitrogens with zero attached hydrogens (tertiary/aromatic N) is 1. The Balaban J connectivity index is 2.35. The van der Waals surface area contributed by atoms with Crippen LogP contribution in [0.3, 0.4) is 0 Å². The standard InChI is InChI=1S/C15H10ClNO2S/c1-8-3-2-4-9-10(15(18)19)7-11(17-14(8)9)12-5-6-13(16)20-12/h2-7H,1H3,(H,18,19). The van der Waals surface area contributed by atoms with E-state index in [4.69, 9.17) is 11.6 Å². The number of hydrogen-bond donors (Lipinski definition) is 1. The summed E-state index contributed by atoms with van der Waals surface area (Å²) >= 11 is 7.32. The van der Waals surface area contributed by atoms with Crippen LogP contribution in [0.25, 0.3) is 21.5 Å². The van der Waals surface area contributed by atoms with Gasteiger partial charge in [-0.1, -0.05) is 29.8 Å². The lowest BCUT2D eigenvalue weighted by atomic mass is 10.0. The van der Waals surface area contributed by atoms with Gasteiger partial charge in [-0.05, 0) is 30.7 Å². The molecule has 0 aliphatic carbocycles. The number of pyridine rings is 1. The molecule has 3 nitrogen and oxygen atoms in total. The number of thiophene rings is 1. The number of aromatic carboxylic acids is 1. The van der Waals surface area contributed by atoms with Gasteiger partial charge in [0.2, 0.25) is 0 Å². The lowest BCUT2D eigenvalue weighted by molar-refractivity contribution is 0.0699. The molecule has 100 valence electrons. The number of carbonyl (C=O) groups is 1. The van der Waals surface area contributed by atoms with Gasteiger partial charge in [0.15, 0.2) is 0 Å². The smallest absolute Gasteiger partial charge is 0.336 e. The first-order valence-electron chi connectivity index (χ1n) is 5.95. The van der Waals surface area contributed by atoms with Crippen LogP contribution in [0.15, 0.2) is 36.4 Å². The van der Waals surface area contributed by atoms with Crippen LogP contribution in [0.1, 0.15) is 15.9 Å². The third-order valence-electron chi connectivity index (χ3n) is 3.10. The molecule has 0 aliphatic heterocycles. The van der Waals surface area contributed by atoms with E-state index in [9.17, 15) is 9.90 Å². The number of benzene rings is 1. The van der Waals surface area contributed by atoms with Crippen LogP contribution in [0.2, 0.25) is 4.34 Å². The Bertz CT molecular complexity index is 826. The van der Waals surface area contributed by atoms with E-state index >= 15 is 0 Å². The van der Waals surface area contributed by atoms with Crippen LogP contribution in [0, 0.1) is 6.92 Å². The second-order valence-corrected chi connectivity index (χ2v) is 6.15. The van der Waals surface area contributed by atoms with Gasteiger partial charge in [0.05, 0.1) is 26.0 Å².